The Labute approximate surface area is 183 Å². The van der Waals surface area contributed by atoms with Crippen molar-refractivity contribution >= 4 is 33.2 Å². The van der Waals surface area contributed by atoms with Gasteiger partial charge in [0, 0.05) is 32.4 Å². The fraction of sp³-hybridized carbons (Fsp3) is 0.368. The number of alkyl halides is 3. The largest absolute Gasteiger partial charge is 0.573 e. The second-order valence-electron chi connectivity index (χ2n) is 6.55. The van der Waals surface area contributed by atoms with Crippen molar-refractivity contribution in [2.45, 2.75) is 17.7 Å². The molecule has 1 aromatic carbocycles. The summed E-state index contributed by atoms with van der Waals surface area (Å²) in [6.07, 6.45) is 5.18. The standard InChI is InChI=1S/C19H21F3N4O3S2/c1-30-18-17(4-2-3-9-23-18)24-14-25-10-12-26(13-11-25)31(27,28)16-7-5-15(6-8-16)29-19(20,21)22/h3-9,14H,2,10-13H2,1H3. The van der Waals surface area contributed by atoms with Crippen LogP contribution in [0.1, 0.15) is 6.42 Å². The van der Waals surface area contributed by atoms with Gasteiger partial charge in [0.05, 0.1) is 16.9 Å². The summed E-state index contributed by atoms with van der Waals surface area (Å²) in [6.45, 7) is 1.35. The van der Waals surface area contributed by atoms with Gasteiger partial charge in [-0.05, 0) is 36.9 Å². The molecule has 0 saturated carbocycles. The van der Waals surface area contributed by atoms with Crippen LogP contribution in [-0.4, -0.2) is 67.8 Å². The van der Waals surface area contributed by atoms with Crippen LogP contribution >= 0.6 is 11.8 Å². The maximum absolute atomic E-state index is 12.8. The number of benzene rings is 1. The highest BCUT2D eigenvalue weighted by atomic mass is 32.2. The van der Waals surface area contributed by atoms with Gasteiger partial charge in [-0.25, -0.2) is 18.4 Å². The minimum atomic E-state index is -4.83. The topological polar surface area (TPSA) is 74.6 Å². The third-order valence-electron chi connectivity index (χ3n) is 4.49. The Bertz CT molecular complexity index is 995. The molecule has 0 aromatic heterocycles. The van der Waals surface area contributed by atoms with E-state index < -0.39 is 22.1 Å². The Hall–Kier alpha value is -2.31. The van der Waals surface area contributed by atoms with Gasteiger partial charge in [0.15, 0.2) is 0 Å². The van der Waals surface area contributed by atoms with Gasteiger partial charge in [-0.15, -0.1) is 24.9 Å². The lowest BCUT2D eigenvalue weighted by Gasteiger charge is -2.32. The van der Waals surface area contributed by atoms with Crippen LogP contribution in [0.2, 0.25) is 0 Å². The molecule has 1 fully saturated rings. The molecule has 168 valence electrons. The maximum Gasteiger partial charge on any atom is 0.573 e. The third kappa shape index (κ3) is 6.34. The monoisotopic (exact) mass is 474 g/mol. The van der Waals surface area contributed by atoms with Crippen LogP contribution in [-0.2, 0) is 10.0 Å². The molecule has 0 aliphatic carbocycles. The van der Waals surface area contributed by atoms with Gasteiger partial charge >= 0.3 is 6.36 Å². The molecule has 7 nitrogen and oxygen atoms in total. The number of piperazine rings is 1. The Morgan fingerprint density at radius 1 is 1.16 bits per heavy atom. The van der Waals surface area contributed by atoms with Crippen molar-refractivity contribution in [1.29, 1.82) is 0 Å². The van der Waals surface area contributed by atoms with Gasteiger partial charge in [0.25, 0.3) is 0 Å². The predicted octanol–water partition coefficient (Wildman–Crippen LogP) is 3.48. The number of nitrogens with zero attached hydrogens (tertiary/aromatic N) is 4. The lowest BCUT2D eigenvalue weighted by molar-refractivity contribution is -0.274. The van der Waals surface area contributed by atoms with E-state index in [1.807, 2.05) is 23.3 Å². The van der Waals surface area contributed by atoms with E-state index in [2.05, 4.69) is 14.7 Å². The molecule has 0 atom stereocenters. The normalized spacial score (nSPS) is 18.6. The second-order valence-corrected chi connectivity index (χ2v) is 9.28. The van der Waals surface area contributed by atoms with E-state index in [0.717, 1.165) is 41.4 Å². The predicted molar refractivity (Wildman–Crippen MR) is 115 cm³/mol. The summed E-state index contributed by atoms with van der Waals surface area (Å²) in [5.41, 5.74) is 0.772. The molecule has 0 spiro atoms. The number of thioether (sulfide) groups is 1. The number of allylic oxidation sites excluding steroid dienone is 2. The summed E-state index contributed by atoms with van der Waals surface area (Å²) in [7, 11) is -3.82. The summed E-state index contributed by atoms with van der Waals surface area (Å²) in [5.74, 6) is -0.469. The highest BCUT2D eigenvalue weighted by Crippen LogP contribution is 2.25. The highest BCUT2D eigenvalue weighted by Gasteiger charge is 2.32. The minimum absolute atomic E-state index is 0.0823. The van der Waals surface area contributed by atoms with Crippen molar-refractivity contribution in [2.75, 3.05) is 32.4 Å². The van der Waals surface area contributed by atoms with Crippen LogP contribution in [0.25, 0.3) is 0 Å². The van der Waals surface area contributed by atoms with E-state index in [0.29, 0.717) is 13.1 Å². The SMILES string of the molecule is CSC1=NC=CCC=C1N=CN1CCN(S(=O)(=O)c2ccc(OC(F)(F)F)cc2)CC1. The Kier molecular flexibility index (Phi) is 7.44. The van der Waals surface area contributed by atoms with Crippen molar-refractivity contribution < 1.29 is 26.3 Å². The molecule has 0 bridgehead atoms. The second kappa shape index (κ2) is 9.88. The fourth-order valence-electron chi connectivity index (χ4n) is 2.95. The van der Waals surface area contributed by atoms with Gasteiger partial charge in [0.1, 0.15) is 10.8 Å². The van der Waals surface area contributed by atoms with Gasteiger partial charge in [0.2, 0.25) is 10.0 Å². The van der Waals surface area contributed by atoms with Crippen LogP contribution in [0, 0.1) is 0 Å². The first-order chi connectivity index (χ1) is 14.7. The molecule has 2 aliphatic heterocycles. The summed E-state index contributed by atoms with van der Waals surface area (Å²) >= 11 is 1.50. The number of hydrogen-bond acceptors (Lipinski definition) is 6. The van der Waals surface area contributed by atoms with Gasteiger partial charge in [-0.3, -0.25) is 0 Å². The summed E-state index contributed by atoms with van der Waals surface area (Å²) in [6, 6.07) is 4.20. The van der Waals surface area contributed by atoms with Crippen molar-refractivity contribution in [3.8, 4) is 5.75 Å². The van der Waals surface area contributed by atoms with Gasteiger partial charge in [-0.2, -0.15) is 4.31 Å². The third-order valence-corrected chi connectivity index (χ3v) is 7.10. The quantitative estimate of drug-likeness (QED) is 0.483. The average molecular weight is 475 g/mol. The smallest absolute Gasteiger partial charge is 0.406 e. The Morgan fingerprint density at radius 2 is 1.84 bits per heavy atom. The maximum atomic E-state index is 12.8. The van der Waals surface area contributed by atoms with Crippen molar-refractivity contribution in [2.24, 2.45) is 9.98 Å². The van der Waals surface area contributed by atoms with Crippen LogP contribution in [0.15, 0.2) is 63.2 Å². The molecule has 3 rings (SSSR count). The highest BCUT2D eigenvalue weighted by molar-refractivity contribution is 8.13. The molecule has 0 unspecified atom stereocenters. The van der Waals surface area contributed by atoms with E-state index >= 15 is 0 Å². The van der Waals surface area contributed by atoms with Crippen LogP contribution < -0.4 is 4.74 Å². The Balaban J connectivity index is 1.60. The molecule has 2 aliphatic rings. The fourth-order valence-corrected chi connectivity index (χ4v) is 4.88. The van der Waals surface area contributed by atoms with E-state index in [4.69, 9.17) is 0 Å². The number of sulfonamides is 1. The van der Waals surface area contributed by atoms with Crippen LogP contribution in [0.5, 0.6) is 5.75 Å². The van der Waals surface area contributed by atoms with Gasteiger partial charge in [-0.1, -0.05) is 12.2 Å². The molecular formula is C19H21F3N4O3S2. The number of ether oxygens (including phenoxy) is 1. The molecule has 0 N–H and O–H groups in total. The number of halogens is 3. The Morgan fingerprint density at radius 3 is 2.45 bits per heavy atom. The van der Waals surface area contributed by atoms with Crippen LogP contribution in [0.3, 0.4) is 0 Å². The molecule has 1 saturated heterocycles. The van der Waals surface area contributed by atoms with Crippen molar-refractivity contribution in [3.05, 3.63) is 48.3 Å². The zero-order chi connectivity index (χ0) is 22.5. The molecule has 2 heterocycles. The number of aliphatic imine (C=N–C) groups is 2. The first-order valence-electron chi connectivity index (χ1n) is 9.30. The van der Waals surface area contributed by atoms with Gasteiger partial charge < -0.3 is 9.64 Å². The van der Waals surface area contributed by atoms with Crippen molar-refractivity contribution in [1.82, 2.24) is 9.21 Å². The molecule has 31 heavy (non-hydrogen) atoms. The summed E-state index contributed by atoms with van der Waals surface area (Å²) in [4.78, 5) is 10.7. The van der Waals surface area contributed by atoms with E-state index in [1.54, 1.807) is 12.5 Å². The zero-order valence-corrected chi connectivity index (χ0v) is 18.3. The molecular weight excluding hydrogens is 453 g/mol. The first-order valence-corrected chi connectivity index (χ1v) is 12.0. The molecule has 12 heteroatoms. The lowest BCUT2D eigenvalue weighted by atomic mass is 10.3. The summed E-state index contributed by atoms with van der Waals surface area (Å²) < 4.78 is 67.5. The summed E-state index contributed by atoms with van der Waals surface area (Å²) in [5, 5.41) is 0.809. The first kappa shape index (κ1) is 23.4. The van der Waals surface area contributed by atoms with E-state index in [9.17, 15) is 21.6 Å². The van der Waals surface area contributed by atoms with E-state index in [-0.39, 0.29) is 18.0 Å². The molecule has 0 amide bonds. The molecule has 1 aromatic rings. The zero-order valence-electron chi connectivity index (χ0n) is 16.6. The van der Waals surface area contributed by atoms with Crippen LogP contribution in [0.4, 0.5) is 13.2 Å². The minimum Gasteiger partial charge on any atom is -0.406 e. The molecule has 0 radical (unpaired) electrons. The number of hydrogen-bond donors (Lipinski definition) is 0. The lowest BCUT2D eigenvalue weighted by Crippen LogP contribution is -2.48. The number of rotatable bonds is 5. The van der Waals surface area contributed by atoms with Crippen molar-refractivity contribution in [3.63, 3.8) is 0 Å². The van der Waals surface area contributed by atoms with E-state index in [1.165, 1.54) is 16.1 Å². The average Bonchev–Trinajstić information content (AvgIpc) is 2.96.